The zero-order chi connectivity index (χ0) is 13.0. The summed E-state index contributed by atoms with van der Waals surface area (Å²) in [5.41, 5.74) is 1.08. The molecule has 18 heavy (non-hydrogen) atoms. The van der Waals surface area contributed by atoms with Crippen LogP contribution >= 0.6 is 11.6 Å². The van der Waals surface area contributed by atoms with E-state index in [0.717, 1.165) is 5.56 Å². The van der Waals surface area contributed by atoms with Crippen molar-refractivity contribution in [3.8, 4) is 0 Å². The van der Waals surface area contributed by atoms with E-state index in [2.05, 4.69) is 15.6 Å². The van der Waals surface area contributed by atoms with E-state index in [1.54, 1.807) is 37.8 Å². The van der Waals surface area contributed by atoms with Gasteiger partial charge in [-0.15, -0.1) is 0 Å². The van der Waals surface area contributed by atoms with Crippen molar-refractivity contribution in [2.24, 2.45) is 0 Å². The first-order chi connectivity index (χ1) is 8.70. The zero-order valence-corrected chi connectivity index (χ0v) is 10.5. The summed E-state index contributed by atoms with van der Waals surface area (Å²) in [6, 6.07) is 5.11. The lowest BCUT2D eigenvalue weighted by atomic mass is 10.3. The fourth-order valence-electron chi connectivity index (χ4n) is 1.40. The molecule has 0 bridgehead atoms. The smallest absolute Gasteiger partial charge is 0.271 e. The molecule has 0 radical (unpaired) electrons. The van der Waals surface area contributed by atoms with Crippen molar-refractivity contribution in [1.82, 2.24) is 10.3 Å². The molecule has 2 aromatic rings. The van der Waals surface area contributed by atoms with E-state index < -0.39 is 0 Å². The highest BCUT2D eigenvalue weighted by molar-refractivity contribution is 6.33. The van der Waals surface area contributed by atoms with Crippen LogP contribution in [0, 0.1) is 0 Å². The monoisotopic (exact) mass is 265 g/mol. The van der Waals surface area contributed by atoms with E-state index in [0.29, 0.717) is 17.4 Å². The summed E-state index contributed by atoms with van der Waals surface area (Å²) in [5, 5.41) is 5.89. The molecule has 0 aliphatic carbocycles. The Balaban J connectivity index is 2.08. The normalized spacial score (nSPS) is 10.1. The lowest BCUT2D eigenvalue weighted by molar-refractivity contribution is 0.0946. The van der Waals surface area contributed by atoms with E-state index >= 15 is 0 Å². The molecule has 2 heterocycles. The Bertz CT molecular complexity index is 540. The van der Waals surface area contributed by atoms with Gasteiger partial charge in [-0.25, -0.2) is 4.98 Å². The maximum Gasteiger partial charge on any atom is 0.271 e. The molecule has 6 heteroatoms. The van der Waals surface area contributed by atoms with Gasteiger partial charge in [-0.3, -0.25) is 4.79 Å². The van der Waals surface area contributed by atoms with Crippen LogP contribution < -0.4 is 10.6 Å². The molecule has 0 unspecified atom stereocenters. The fourth-order valence-corrected chi connectivity index (χ4v) is 1.59. The maximum atomic E-state index is 11.9. The number of amides is 1. The summed E-state index contributed by atoms with van der Waals surface area (Å²) in [6.45, 7) is 0.372. The number of hydrogen-bond donors (Lipinski definition) is 2. The van der Waals surface area contributed by atoms with Gasteiger partial charge in [0.1, 0.15) is 11.5 Å². The summed E-state index contributed by atoms with van der Waals surface area (Å²) >= 11 is 5.94. The third-order valence-electron chi connectivity index (χ3n) is 2.35. The van der Waals surface area contributed by atoms with Crippen LogP contribution in [0.4, 0.5) is 5.82 Å². The lowest BCUT2D eigenvalue weighted by Crippen LogP contribution is -2.24. The minimum atomic E-state index is -0.321. The fraction of sp³-hybridized carbons (Fsp3) is 0.167. The lowest BCUT2D eigenvalue weighted by Gasteiger charge is -2.06. The Labute approximate surface area is 109 Å². The average molecular weight is 266 g/mol. The Morgan fingerprint density at radius 3 is 2.94 bits per heavy atom. The van der Waals surface area contributed by atoms with Crippen LogP contribution in [-0.4, -0.2) is 17.9 Å². The Kier molecular flexibility index (Phi) is 3.84. The molecule has 2 aromatic heterocycles. The van der Waals surface area contributed by atoms with E-state index in [1.807, 2.05) is 0 Å². The van der Waals surface area contributed by atoms with E-state index in [9.17, 15) is 4.79 Å². The van der Waals surface area contributed by atoms with Crippen LogP contribution in [0.3, 0.4) is 0 Å². The number of furan rings is 1. The number of nitrogens with one attached hydrogen (secondary N) is 2. The van der Waals surface area contributed by atoms with Crippen molar-refractivity contribution in [2.75, 3.05) is 12.4 Å². The quantitative estimate of drug-likeness (QED) is 0.890. The van der Waals surface area contributed by atoms with E-state index in [1.165, 1.54) is 0 Å². The molecular weight excluding hydrogens is 254 g/mol. The van der Waals surface area contributed by atoms with Crippen molar-refractivity contribution in [3.05, 3.63) is 47.0 Å². The van der Waals surface area contributed by atoms with Crippen LogP contribution in [0.15, 0.2) is 35.1 Å². The molecule has 0 saturated heterocycles. The van der Waals surface area contributed by atoms with Gasteiger partial charge in [-0.05, 0) is 18.2 Å². The summed E-state index contributed by atoms with van der Waals surface area (Å²) in [6.07, 6.45) is 3.12. The molecule has 0 atom stereocenters. The zero-order valence-electron chi connectivity index (χ0n) is 9.74. The molecular formula is C12H12ClN3O2. The van der Waals surface area contributed by atoms with Gasteiger partial charge in [0.2, 0.25) is 0 Å². The van der Waals surface area contributed by atoms with Crippen molar-refractivity contribution < 1.29 is 9.21 Å². The minimum Gasteiger partial charge on any atom is -0.472 e. The van der Waals surface area contributed by atoms with Crippen molar-refractivity contribution in [3.63, 3.8) is 0 Å². The number of nitrogens with zero attached hydrogens (tertiary/aromatic N) is 1. The number of aromatic nitrogens is 1. The van der Waals surface area contributed by atoms with Crippen molar-refractivity contribution in [1.29, 1.82) is 0 Å². The van der Waals surface area contributed by atoms with Crippen LogP contribution in [0.1, 0.15) is 16.1 Å². The highest BCUT2D eigenvalue weighted by atomic mass is 35.5. The second-order valence-corrected chi connectivity index (χ2v) is 4.00. The topological polar surface area (TPSA) is 67.2 Å². The number of anilines is 1. The number of pyridine rings is 1. The van der Waals surface area contributed by atoms with Crippen molar-refractivity contribution in [2.45, 2.75) is 6.54 Å². The van der Waals surface area contributed by atoms with Crippen LogP contribution in [0.2, 0.25) is 5.02 Å². The highest BCUT2D eigenvalue weighted by Gasteiger charge is 2.12. The molecule has 0 saturated carbocycles. The first-order valence-electron chi connectivity index (χ1n) is 5.34. The Morgan fingerprint density at radius 2 is 2.28 bits per heavy atom. The summed E-state index contributed by atoms with van der Waals surface area (Å²) < 4.78 is 4.91. The summed E-state index contributed by atoms with van der Waals surface area (Å²) in [5.74, 6) is 0.270. The number of carbonyl (C=O) groups excluding carboxylic acids is 1. The first kappa shape index (κ1) is 12.4. The molecule has 1 amide bonds. The molecule has 2 N–H and O–H groups in total. The second kappa shape index (κ2) is 5.55. The molecule has 94 valence electrons. The van der Waals surface area contributed by atoms with Crippen molar-refractivity contribution >= 4 is 23.3 Å². The highest BCUT2D eigenvalue weighted by Crippen LogP contribution is 2.16. The standard InChI is InChI=1S/C12H12ClN3O2/c1-14-10-3-2-9(13)11(16-10)12(17)15-6-8-4-5-18-7-8/h2-5,7H,6H2,1H3,(H,14,16)(H,15,17). The van der Waals surface area contributed by atoms with Crippen LogP contribution in [0.25, 0.3) is 0 Å². The van der Waals surface area contributed by atoms with Crippen LogP contribution in [-0.2, 0) is 6.54 Å². The number of hydrogen-bond acceptors (Lipinski definition) is 4. The Hall–Kier alpha value is -2.01. The SMILES string of the molecule is CNc1ccc(Cl)c(C(=O)NCc2ccoc2)n1. The van der Waals surface area contributed by atoms with E-state index in [-0.39, 0.29) is 11.6 Å². The Morgan fingerprint density at radius 1 is 1.44 bits per heavy atom. The molecule has 5 nitrogen and oxygen atoms in total. The van der Waals surface area contributed by atoms with Gasteiger partial charge < -0.3 is 15.1 Å². The second-order valence-electron chi connectivity index (χ2n) is 3.59. The number of rotatable bonds is 4. The molecule has 0 aliphatic rings. The van der Waals surface area contributed by atoms with Gasteiger partial charge in [0.25, 0.3) is 5.91 Å². The maximum absolute atomic E-state index is 11.9. The molecule has 0 aliphatic heterocycles. The third kappa shape index (κ3) is 2.81. The van der Waals surface area contributed by atoms with Crippen LogP contribution in [0.5, 0.6) is 0 Å². The third-order valence-corrected chi connectivity index (χ3v) is 2.66. The van der Waals surface area contributed by atoms with E-state index in [4.69, 9.17) is 16.0 Å². The number of carbonyl (C=O) groups is 1. The molecule has 0 spiro atoms. The predicted molar refractivity (Wildman–Crippen MR) is 68.7 cm³/mol. The van der Waals surface area contributed by atoms with Gasteiger partial charge in [0.05, 0.1) is 17.5 Å². The number of halogens is 1. The largest absolute Gasteiger partial charge is 0.472 e. The van der Waals surface area contributed by atoms with Gasteiger partial charge in [-0.1, -0.05) is 11.6 Å². The van der Waals surface area contributed by atoms with Gasteiger partial charge in [0.15, 0.2) is 0 Å². The molecule has 0 fully saturated rings. The van der Waals surface area contributed by atoms with Gasteiger partial charge >= 0.3 is 0 Å². The molecule has 0 aromatic carbocycles. The summed E-state index contributed by atoms with van der Waals surface area (Å²) in [7, 11) is 1.73. The summed E-state index contributed by atoms with van der Waals surface area (Å²) in [4.78, 5) is 16.0. The van der Waals surface area contributed by atoms with Gasteiger partial charge in [0, 0.05) is 19.2 Å². The van der Waals surface area contributed by atoms with Gasteiger partial charge in [-0.2, -0.15) is 0 Å². The predicted octanol–water partition coefficient (Wildman–Crippen LogP) is 2.30. The minimum absolute atomic E-state index is 0.201. The average Bonchev–Trinajstić information content (AvgIpc) is 2.89. The first-order valence-corrected chi connectivity index (χ1v) is 5.72. The molecule has 2 rings (SSSR count).